The molecule has 11 heteroatoms. The second-order valence-electron chi connectivity index (χ2n) is 13.9. The molecule has 6 atom stereocenters. The van der Waals surface area contributed by atoms with Crippen molar-refractivity contribution in [2.75, 3.05) is 7.11 Å². The van der Waals surface area contributed by atoms with Crippen molar-refractivity contribution in [2.24, 2.45) is 0 Å². The van der Waals surface area contributed by atoms with Crippen LogP contribution in [0.1, 0.15) is 86.9 Å². The second kappa shape index (κ2) is 13.9. The molecule has 1 saturated heterocycles. The number of rotatable bonds is 9. The summed E-state index contributed by atoms with van der Waals surface area (Å²) in [5.74, 6) is -3.14. The van der Waals surface area contributed by atoms with Gasteiger partial charge in [-0.05, 0) is 31.0 Å². The number of benzene rings is 4. The zero-order chi connectivity index (χ0) is 36.9. The molecule has 0 amide bonds. The van der Waals surface area contributed by atoms with Crippen LogP contribution in [-0.2, 0) is 33.8 Å². The van der Waals surface area contributed by atoms with Crippen LogP contribution in [0.5, 0.6) is 17.2 Å². The van der Waals surface area contributed by atoms with Gasteiger partial charge in [0.2, 0.25) is 5.78 Å². The summed E-state index contributed by atoms with van der Waals surface area (Å²) in [5, 5.41) is 46.8. The Hall–Kier alpha value is -4.91. The summed E-state index contributed by atoms with van der Waals surface area (Å²) in [6, 6.07) is 23.8. The van der Waals surface area contributed by atoms with Gasteiger partial charge in [-0.3, -0.25) is 19.3 Å². The van der Waals surface area contributed by atoms with Crippen LogP contribution in [0.4, 0.5) is 0 Å². The van der Waals surface area contributed by atoms with Crippen molar-refractivity contribution in [2.45, 2.75) is 82.4 Å². The van der Waals surface area contributed by atoms with Crippen molar-refractivity contribution < 1.29 is 49.0 Å². The number of hydrogen-bond donors (Lipinski definition) is 4. The van der Waals surface area contributed by atoms with E-state index in [0.717, 1.165) is 11.1 Å². The minimum atomic E-state index is -2.04. The number of Topliss-reactive ketones (excluding diaryl/α,β-unsaturated/α-hetero) is 1. The third-order valence-corrected chi connectivity index (χ3v) is 10.6. The van der Waals surface area contributed by atoms with E-state index in [4.69, 9.17) is 14.2 Å². The van der Waals surface area contributed by atoms with Crippen molar-refractivity contribution in [3.05, 3.63) is 123 Å². The number of carbonyl (C=O) groups is 3. The first kappa shape index (κ1) is 35.5. The number of aliphatic hydroxyl groups excluding tert-OH is 1. The van der Waals surface area contributed by atoms with Crippen LogP contribution in [0.3, 0.4) is 0 Å². The first-order chi connectivity index (χ1) is 24.9. The fourth-order valence-electron chi connectivity index (χ4n) is 7.89. The Labute approximate surface area is 301 Å². The number of fused-ring (bicyclic) bond motifs is 3. The zero-order valence-corrected chi connectivity index (χ0v) is 29.1. The molecule has 1 aliphatic heterocycles. The Bertz CT molecular complexity index is 1990. The van der Waals surface area contributed by atoms with Gasteiger partial charge in [0, 0.05) is 55.1 Å². The minimum absolute atomic E-state index is 0.0123. The van der Waals surface area contributed by atoms with Gasteiger partial charge in [-0.2, -0.15) is 0 Å². The molecule has 52 heavy (non-hydrogen) atoms. The molecule has 4 aromatic carbocycles. The predicted molar refractivity (Wildman–Crippen MR) is 188 cm³/mol. The average molecular weight is 708 g/mol. The number of ether oxygens (including phenoxy) is 3. The lowest BCUT2D eigenvalue weighted by Gasteiger charge is -2.45. The highest BCUT2D eigenvalue weighted by molar-refractivity contribution is 6.31. The van der Waals surface area contributed by atoms with E-state index in [1.807, 2.05) is 60.7 Å². The monoisotopic (exact) mass is 707 g/mol. The van der Waals surface area contributed by atoms with Crippen molar-refractivity contribution in [3.8, 4) is 17.2 Å². The summed E-state index contributed by atoms with van der Waals surface area (Å²) in [7, 11) is 1.36. The molecular weight excluding hydrogens is 666 g/mol. The van der Waals surface area contributed by atoms with E-state index in [1.54, 1.807) is 6.92 Å². The van der Waals surface area contributed by atoms with Gasteiger partial charge in [0.25, 0.3) is 0 Å². The highest BCUT2D eigenvalue weighted by Crippen LogP contribution is 2.52. The summed E-state index contributed by atoms with van der Waals surface area (Å²) in [6.45, 7) is 3.96. The zero-order valence-electron chi connectivity index (χ0n) is 29.1. The average Bonchev–Trinajstić information content (AvgIpc) is 3.13. The highest BCUT2D eigenvalue weighted by Gasteiger charge is 2.50. The maximum absolute atomic E-state index is 14.0. The maximum Gasteiger partial charge on any atom is 0.202 e. The number of aliphatic hydroxyl groups is 2. The van der Waals surface area contributed by atoms with E-state index in [0.29, 0.717) is 13.1 Å². The number of aromatic hydroxyl groups is 2. The quantitative estimate of drug-likeness (QED) is 0.156. The lowest BCUT2D eigenvalue weighted by molar-refractivity contribution is -0.259. The van der Waals surface area contributed by atoms with Crippen LogP contribution in [0.25, 0.3) is 0 Å². The van der Waals surface area contributed by atoms with Crippen LogP contribution in [0, 0.1) is 0 Å². The first-order valence-electron chi connectivity index (χ1n) is 17.3. The van der Waals surface area contributed by atoms with E-state index in [-0.39, 0.29) is 40.8 Å². The van der Waals surface area contributed by atoms with Gasteiger partial charge in [-0.1, -0.05) is 72.8 Å². The lowest BCUT2D eigenvalue weighted by atomic mass is 9.72. The number of nitrogens with zero attached hydrogens (tertiary/aromatic N) is 1. The van der Waals surface area contributed by atoms with E-state index in [9.17, 15) is 34.8 Å². The maximum atomic E-state index is 14.0. The van der Waals surface area contributed by atoms with Gasteiger partial charge < -0.3 is 34.6 Å². The molecular formula is C41H41NO10. The Morgan fingerprint density at radius 3 is 2.10 bits per heavy atom. The molecule has 7 rings (SSSR count). The van der Waals surface area contributed by atoms with E-state index in [1.165, 1.54) is 32.2 Å². The van der Waals surface area contributed by atoms with E-state index in [2.05, 4.69) is 4.90 Å². The number of phenols is 2. The van der Waals surface area contributed by atoms with Gasteiger partial charge in [-0.25, -0.2) is 0 Å². The van der Waals surface area contributed by atoms with Crippen LogP contribution in [0.2, 0.25) is 0 Å². The number of methoxy groups -OCH3 is 1. The summed E-state index contributed by atoms with van der Waals surface area (Å²) in [5.41, 5.74) is -0.954. The van der Waals surface area contributed by atoms with E-state index >= 15 is 0 Å². The normalized spacial score (nSPS) is 25.3. The van der Waals surface area contributed by atoms with Crippen LogP contribution in [-0.4, -0.2) is 79.9 Å². The molecule has 3 aliphatic rings. The molecule has 0 aromatic heterocycles. The third-order valence-electron chi connectivity index (χ3n) is 10.6. The SMILES string of the molecule is COc1cccc2c1C(=O)c1c(O)c3c(c(O)c1C2=O)C[C@@](O)(C(C)=O)C[C@@H]3O[C@H]1C[C@H](N(Cc2ccccc2)Cc2ccccc2)[C@H](O)[C@H](C)O1. The Morgan fingerprint density at radius 1 is 0.885 bits per heavy atom. The third kappa shape index (κ3) is 6.18. The highest BCUT2D eigenvalue weighted by atomic mass is 16.7. The molecule has 0 spiro atoms. The molecule has 4 aromatic rings. The Kier molecular flexibility index (Phi) is 9.49. The van der Waals surface area contributed by atoms with Gasteiger partial charge >= 0.3 is 0 Å². The van der Waals surface area contributed by atoms with Gasteiger partial charge in [-0.15, -0.1) is 0 Å². The van der Waals surface area contributed by atoms with Crippen molar-refractivity contribution in [1.29, 1.82) is 0 Å². The summed E-state index contributed by atoms with van der Waals surface area (Å²) in [6.07, 6.45) is -4.50. The number of ketones is 3. The standard InChI is InChI=1S/C41H41NO10/c1-22-36(44)28(42(20-24-11-6-4-7-12-24)21-25-13-8-5-9-14-25)17-31(51-22)52-30-19-41(49,23(2)43)18-27-33(30)40(48)35-34(38(27)46)37(45)26-15-10-16-29(50-3)32(26)39(35)47/h4-16,22,28,30-31,36,44,46,48-49H,17-21H2,1-3H3/t22-,28-,30-,31-,36+,41-/m0/s1. The largest absolute Gasteiger partial charge is 0.507 e. The van der Waals surface area contributed by atoms with Gasteiger partial charge in [0.15, 0.2) is 17.9 Å². The van der Waals surface area contributed by atoms with E-state index < -0.39 is 82.6 Å². The van der Waals surface area contributed by atoms with Gasteiger partial charge in [0.1, 0.15) is 22.8 Å². The lowest BCUT2D eigenvalue weighted by Crippen LogP contribution is -2.55. The molecule has 2 aliphatic carbocycles. The fraction of sp³-hybridized carbons (Fsp3) is 0.341. The Morgan fingerprint density at radius 2 is 1.50 bits per heavy atom. The molecule has 0 unspecified atom stereocenters. The van der Waals surface area contributed by atoms with Gasteiger partial charge in [0.05, 0.1) is 42.1 Å². The van der Waals surface area contributed by atoms with Crippen LogP contribution < -0.4 is 4.74 Å². The molecule has 0 radical (unpaired) electrons. The van der Waals surface area contributed by atoms with Crippen LogP contribution in [0.15, 0.2) is 78.9 Å². The number of hydrogen-bond acceptors (Lipinski definition) is 11. The topological polar surface area (TPSA) is 163 Å². The summed E-state index contributed by atoms with van der Waals surface area (Å²) < 4.78 is 18.1. The smallest absolute Gasteiger partial charge is 0.202 e. The van der Waals surface area contributed by atoms with Crippen molar-refractivity contribution in [1.82, 2.24) is 4.90 Å². The molecule has 11 nitrogen and oxygen atoms in total. The van der Waals surface area contributed by atoms with Crippen molar-refractivity contribution >= 4 is 17.3 Å². The molecule has 270 valence electrons. The first-order valence-corrected chi connectivity index (χ1v) is 17.3. The molecule has 1 heterocycles. The molecule has 0 saturated carbocycles. The fourth-order valence-corrected chi connectivity index (χ4v) is 7.89. The molecule has 1 fully saturated rings. The minimum Gasteiger partial charge on any atom is -0.507 e. The second-order valence-corrected chi connectivity index (χ2v) is 13.9. The number of carbonyl (C=O) groups excluding carboxylic acids is 3. The summed E-state index contributed by atoms with van der Waals surface area (Å²) in [4.78, 5) is 42.9. The molecule has 4 N–H and O–H groups in total. The van der Waals surface area contributed by atoms with Crippen LogP contribution >= 0.6 is 0 Å². The Balaban J connectivity index is 1.28. The predicted octanol–water partition coefficient (Wildman–Crippen LogP) is 4.77. The summed E-state index contributed by atoms with van der Waals surface area (Å²) >= 11 is 0. The van der Waals surface area contributed by atoms with Crippen molar-refractivity contribution in [3.63, 3.8) is 0 Å². The number of phenolic OH excluding ortho intramolecular Hbond substituents is 2. The molecule has 0 bridgehead atoms.